The highest BCUT2D eigenvalue weighted by Crippen LogP contribution is 2.42. The molecule has 1 aromatic carbocycles. The van der Waals surface area contributed by atoms with E-state index in [1.165, 1.54) is 7.11 Å². The van der Waals surface area contributed by atoms with Crippen LogP contribution in [-0.2, 0) is 16.8 Å². The molecule has 10 nitrogen and oxygen atoms in total. The van der Waals surface area contributed by atoms with Gasteiger partial charge in [0.15, 0.2) is 17.5 Å². The topological polar surface area (TPSA) is 108 Å². The number of carbonyl (C=O) groups is 1. The molecule has 2 aromatic heterocycles. The second-order valence-corrected chi connectivity index (χ2v) is 8.79. The van der Waals surface area contributed by atoms with Gasteiger partial charge in [0.05, 0.1) is 31.1 Å². The van der Waals surface area contributed by atoms with Crippen LogP contribution < -0.4 is 10.1 Å². The van der Waals surface area contributed by atoms with E-state index in [1.54, 1.807) is 4.90 Å². The number of methoxy groups -OCH3 is 1. The lowest BCUT2D eigenvalue weighted by molar-refractivity contribution is 0.0259. The molecule has 1 aliphatic rings. The van der Waals surface area contributed by atoms with E-state index in [0.29, 0.717) is 12.4 Å². The van der Waals surface area contributed by atoms with Crippen molar-refractivity contribution in [2.24, 2.45) is 0 Å². The van der Waals surface area contributed by atoms with Crippen molar-refractivity contribution < 1.29 is 18.7 Å². The summed E-state index contributed by atoms with van der Waals surface area (Å²) in [7, 11) is 5.26. The first-order chi connectivity index (χ1) is 16.2. The summed E-state index contributed by atoms with van der Waals surface area (Å²) in [6.45, 7) is 4.57. The smallest absolute Gasteiger partial charge is 0.411 e. The van der Waals surface area contributed by atoms with Gasteiger partial charge in [0.25, 0.3) is 0 Å². The lowest BCUT2D eigenvalue weighted by atomic mass is 10.0. The number of fused-ring (bicyclic) bond motifs is 1. The van der Waals surface area contributed by atoms with Gasteiger partial charge < -0.3 is 19.7 Å². The average Bonchev–Trinajstić information content (AvgIpc) is 3.33. The van der Waals surface area contributed by atoms with E-state index >= 15 is 0 Å². The summed E-state index contributed by atoms with van der Waals surface area (Å²) < 4.78 is 25.2. The van der Waals surface area contributed by atoms with Gasteiger partial charge in [-0.1, -0.05) is 30.3 Å². The summed E-state index contributed by atoms with van der Waals surface area (Å²) in [4.78, 5) is 24.7. The molecule has 0 saturated heterocycles. The molecule has 188 valence electrons. The number of ether oxygens (including phenoxy) is 2. The van der Waals surface area contributed by atoms with Gasteiger partial charge in [-0.2, -0.15) is 23.6 Å². The summed E-state index contributed by atoms with van der Waals surface area (Å²) in [6, 6.07) is 9.66. The SMILES string of the molecule is COc1ncc(F)c(Nc2n[nH]c3c2CN(C(=O)O[C@H](CN(C)C)c2ccccc2)C3(C)C)n1.S. The van der Waals surface area contributed by atoms with Crippen LogP contribution in [0.15, 0.2) is 36.5 Å². The van der Waals surface area contributed by atoms with Crippen molar-refractivity contribution in [2.45, 2.75) is 32.0 Å². The van der Waals surface area contributed by atoms with Crippen molar-refractivity contribution in [3.05, 3.63) is 59.2 Å². The molecular weight excluding hydrogens is 473 g/mol. The van der Waals surface area contributed by atoms with Crippen molar-refractivity contribution in [1.82, 2.24) is 30.0 Å². The molecule has 0 unspecified atom stereocenters. The van der Waals surface area contributed by atoms with Gasteiger partial charge in [-0.05, 0) is 33.5 Å². The van der Waals surface area contributed by atoms with E-state index < -0.39 is 23.6 Å². The van der Waals surface area contributed by atoms with Crippen molar-refractivity contribution in [3.8, 4) is 6.01 Å². The molecule has 35 heavy (non-hydrogen) atoms. The third kappa shape index (κ3) is 5.33. The summed E-state index contributed by atoms with van der Waals surface area (Å²) in [5.41, 5.74) is 1.65. The quantitative estimate of drug-likeness (QED) is 0.503. The Morgan fingerprint density at radius 3 is 2.66 bits per heavy atom. The van der Waals surface area contributed by atoms with Gasteiger partial charge in [0.2, 0.25) is 0 Å². The molecule has 4 rings (SSSR count). The van der Waals surface area contributed by atoms with E-state index in [9.17, 15) is 9.18 Å². The molecule has 0 bridgehead atoms. The largest absolute Gasteiger partial charge is 0.467 e. The number of hydrogen-bond acceptors (Lipinski definition) is 8. The molecule has 2 N–H and O–H groups in total. The van der Waals surface area contributed by atoms with Crippen LogP contribution in [0.5, 0.6) is 6.01 Å². The fourth-order valence-electron chi connectivity index (χ4n) is 3.96. The first kappa shape index (κ1) is 26.2. The number of carbonyl (C=O) groups excluding carboxylic acids is 1. The van der Waals surface area contributed by atoms with Crippen LogP contribution in [0.25, 0.3) is 0 Å². The van der Waals surface area contributed by atoms with Crippen molar-refractivity contribution >= 4 is 31.2 Å². The number of aromatic nitrogens is 4. The summed E-state index contributed by atoms with van der Waals surface area (Å²) in [5.74, 6) is -0.360. The minimum absolute atomic E-state index is 0. The van der Waals surface area contributed by atoms with E-state index in [2.05, 4.69) is 25.5 Å². The Bertz CT molecular complexity index is 1170. The normalized spacial score (nSPS) is 14.8. The van der Waals surface area contributed by atoms with E-state index in [4.69, 9.17) is 9.47 Å². The van der Waals surface area contributed by atoms with E-state index in [-0.39, 0.29) is 31.9 Å². The number of likely N-dealkylation sites (N-methyl/N-ethyl adjacent to an activating group) is 1. The Balaban J connectivity index is 0.00000342. The number of nitrogens with zero attached hydrogens (tertiary/aromatic N) is 5. The number of anilines is 2. The minimum Gasteiger partial charge on any atom is -0.467 e. The average molecular weight is 504 g/mol. The van der Waals surface area contributed by atoms with Crippen LogP contribution in [0.3, 0.4) is 0 Å². The molecule has 0 fully saturated rings. The first-order valence-electron chi connectivity index (χ1n) is 10.8. The summed E-state index contributed by atoms with van der Waals surface area (Å²) in [5, 5.41) is 10.1. The number of aromatic amines is 1. The first-order valence-corrected chi connectivity index (χ1v) is 10.8. The van der Waals surface area contributed by atoms with Gasteiger partial charge in [0, 0.05) is 12.1 Å². The standard InChI is InChI=1S/C23H28FN7O3.H2S/c1-23(2)18-15(19(29-28-18)26-20-16(24)11-25-21(27-20)33-5)12-31(23)22(32)34-17(13-30(3)4)14-9-7-6-8-10-14;/h6-11,17H,12-13H2,1-5H3,(H2,25,26,27,28,29);1H2/t17-;/m1./s1. The molecule has 0 radical (unpaired) electrons. The third-order valence-corrected chi connectivity index (χ3v) is 5.78. The maximum absolute atomic E-state index is 14.2. The molecule has 12 heteroatoms. The Morgan fingerprint density at radius 1 is 1.29 bits per heavy atom. The Kier molecular flexibility index (Phi) is 7.86. The van der Waals surface area contributed by atoms with Crippen LogP contribution in [0, 0.1) is 5.82 Å². The zero-order chi connectivity index (χ0) is 24.5. The van der Waals surface area contributed by atoms with Crippen LogP contribution in [0.1, 0.15) is 36.8 Å². The number of H-pyrrole nitrogens is 1. The van der Waals surface area contributed by atoms with Crippen molar-refractivity contribution in [3.63, 3.8) is 0 Å². The monoisotopic (exact) mass is 503 g/mol. The molecule has 1 amide bonds. The molecular formula is C23H30FN7O3S. The number of hydrogen-bond donors (Lipinski definition) is 2. The highest BCUT2D eigenvalue weighted by Gasteiger charge is 2.45. The highest BCUT2D eigenvalue weighted by atomic mass is 32.1. The third-order valence-electron chi connectivity index (χ3n) is 5.78. The summed E-state index contributed by atoms with van der Waals surface area (Å²) in [6.07, 6.45) is 0.131. The predicted octanol–water partition coefficient (Wildman–Crippen LogP) is 3.69. The Morgan fingerprint density at radius 2 is 2.00 bits per heavy atom. The Labute approximate surface area is 210 Å². The Hall–Kier alpha value is -3.38. The zero-order valence-corrected chi connectivity index (χ0v) is 21.3. The second-order valence-electron chi connectivity index (χ2n) is 8.79. The lowest BCUT2D eigenvalue weighted by Crippen LogP contribution is -2.42. The van der Waals surface area contributed by atoms with Gasteiger partial charge in [-0.15, -0.1) is 0 Å². The fourth-order valence-corrected chi connectivity index (χ4v) is 3.96. The number of benzene rings is 1. The highest BCUT2D eigenvalue weighted by molar-refractivity contribution is 7.59. The van der Waals surface area contributed by atoms with Gasteiger partial charge in [-0.3, -0.25) is 10.00 Å². The molecule has 3 heterocycles. The maximum atomic E-state index is 14.2. The van der Waals surface area contributed by atoms with Gasteiger partial charge >= 0.3 is 12.1 Å². The van der Waals surface area contributed by atoms with Gasteiger partial charge in [0.1, 0.15) is 6.10 Å². The van der Waals surface area contributed by atoms with Crippen molar-refractivity contribution in [1.29, 1.82) is 0 Å². The van der Waals surface area contributed by atoms with Gasteiger partial charge in [-0.25, -0.2) is 14.2 Å². The number of nitrogens with one attached hydrogen (secondary N) is 2. The predicted molar refractivity (Wildman–Crippen MR) is 134 cm³/mol. The van der Waals surface area contributed by atoms with E-state index in [1.807, 2.05) is 63.2 Å². The molecule has 3 aromatic rings. The van der Waals surface area contributed by atoms with E-state index in [0.717, 1.165) is 23.0 Å². The van der Waals surface area contributed by atoms with Crippen LogP contribution in [0.2, 0.25) is 0 Å². The molecule has 1 atom stereocenters. The second kappa shape index (κ2) is 10.5. The maximum Gasteiger partial charge on any atom is 0.411 e. The van der Waals surface area contributed by atoms with Crippen LogP contribution >= 0.6 is 13.5 Å². The molecule has 1 aliphatic heterocycles. The van der Waals surface area contributed by atoms with Crippen molar-refractivity contribution in [2.75, 3.05) is 33.1 Å². The van der Waals surface area contributed by atoms with Crippen LogP contribution in [-0.4, -0.2) is 63.8 Å². The molecule has 0 saturated carbocycles. The lowest BCUT2D eigenvalue weighted by Gasteiger charge is -2.33. The number of rotatable bonds is 7. The number of amides is 1. The molecule has 0 spiro atoms. The van der Waals surface area contributed by atoms with Crippen LogP contribution in [0.4, 0.5) is 20.8 Å². The zero-order valence-electron chi connectivity index (χ0n) is 20.3. The molecule has 0 aliphatic carbocycles. The summed E-state index contributed by atoms with van der Waals surface area (Å²) >= 11 is 0. The minimum atomic E-state index is -0.722. The number of halogens is 1. The fraction of sp³-hybridized carbons (Fsp3) is 0.391.